The average molecular weight is 461 g/mol. The molecule has 4 aromatic heterocycles. The lowest BCUT2D eigenvalue weighted by molar-refractivity contribution is -0.384. The number of nitrogens with zero attached hydrogens (tertiary/aromatic N) is 5. The van der Waals surface area contributed by atoms with E-state index in [1.807, 2.05) is 0 Å². The Bertz CT molecular complexity index is 1500. The van der Waals surface area contributed by atoms with Crippen molar-refractivity contribution < 1.29 is 27.8 Å². The highest BCUT2D eigenvalue weighted by Crippen LogP contribution is 2.30. The van der Waals surface area contributed by atoms with Gasteiger partial charge in [0.25, 0.3) is 17.3 Å². The Morgan fingerprint density at radius 1 is 1.18 bits per heavy atom. The topological polar surface area (TPSA) is 160 Å². The second kappa shape index (κ2) is 8.24. The molecule has 170 valence electrons. The number of non-ortho nitro benzene ring substituents is 1. The standard InChI is InChI=1S/C22H15N5O7/c1-11-18-15(10-16(17-4-3-9-31-17)23-21(18)34-26-11)22(28)32-12(2)19-24-25-20(33-19)13-5-7-14(8-6-13)27(29)30/h3-10,12H,1-2H3. The van der Waals surface area contributed by atoms with Gasteiger partial charge < -0.3 is 18.1 Å². The van der Waals surface area contributed by atoms with Crippen LogP contribution in [0.3, 0.4) is 0 Å². The third-order valence-corrected chi connectivity index (χ3v) is 5.01. The van der Waals surface area contributed by atoms with Gasteiger partial charge >= 0.3 is 5.97 Å². The molecule has 12 nitrogen and oxygen atoms in total. The van der Waals surface area contributed by atoms with Crippen LogP contribution in [0.2, 0.25) is 0 Å². The average Bonchev–Trinajstić information content (AvgIpc) is 3.60. The molecule has 0 spiro atoms. The number of pyridine rings is 1. The van der Waals surface area contributed by atoms with Gasteiger partial charge in [0, 0.05) is 17.7 Å². The number of aromatic nitrogens is 4. The number of hydrogen-bond donors (Lipinski definition) is 0. The largest absolute Gasteiger partial charge is 0.463 e. The van der Waals surface area contributed by atoms with Crippen molar-refractivity contribution in [2.75, 3.05) is 0 Å². The molecule has 0 radical (unpaired) electrons. The lowest BCUT2D eigenvalue weighted by Gasteiger charge is -2.10. The van der Waals surface area contributed by atoms with Crippen molar-refractivity contribution in [1.29, 1.82) is 0 Å². The van der Waals surface area contributed by atoms with E-state index in [2.05, 4.69) is 20.3 Å². The quantitative estimate of drug-likeness (QED) is 0.196. The Balaban J connectivity index is 1.41. The number of carbonyl (C=O) groups is 1. The number of benzene rings is 1. The van der Waals surface area contributed by atoms with E-state index in [4.69, 9.17) is 18.1 Å². The van der Waals surface area contributed by atoms with Gasteiger partial charge in [0.05, 0.1) is 27.8 Å². The Hall–Kier alpha value is -4.87. The van der Waals surface area contributed by atoms with Crippen LogP contribution in [-0.4, -0.2) is 31.2 Å². The second-order valence-electron chi connectivity index (χ2n) is 7.28. The maximum absolute atomic E-state index is 13.1. The molecular formula is C22H15N5O7. The van der Waals surface area contributed by atoms with Gasteiger partial charge in [-0.2, -0.15) is 0 Å². The Morgan fingerprint density at radius 2 is 1.97 bits per heavy atom. The second-order valence-corrected chi connectivity index (χ2v) is 7.28. The van der Waals surface area contributed by atoms with E-state index in [9.17, 15) is 14.9 Å². The molecule has 1 atom stereocenters. The predicted molar refractivity (Wildman–Crippen MR) is 114 cm³/mol. The normalized spacial score (nSPS) is 12.1. The number of hydrogen-bond acceptors (Lipinski definition) is 11. The van der Waals surface area contributed by atoms with Gasteiger partial charge in [0.1, 0.15) is 5.69 Å². The van der Waals surface area contributed by atoms with E-state index in [-0.39, 0.29) is 28.7 Å². The fourth-order valence-electron chi connectivity index (χ4n) is 3.32. The zero-order chi connectivity index (χ0) is 23.8. The van der Waals surface area contributed by atoms with Crippen LogP contribution in [0.4, 0.5) is 5.69 Å². The first-order valence-electron chi connectivity index (χ1n) is 10.0. The predicted octanol–water partition coefficient (Wildman–Crippen LogP) is 4.67. The Morgan fingerprint density at radius 3 is 2.68 bits per heavy atom. The van der Waals surface area contributed by atoms with Crippen LogP contribution < -0.4 is 0 Å². The summed E-state index contributed by atoms with van der Waals surface area (Å²) in [6.45, 7) is 3.27. The van der Waals surface area contributed by atoms with Gasteiger partial charge in [-0.05, 0) is 44.2 Å². The third kappa shape index (κ3) is 3.77. The number of nitro benzene ring substituents is 1. The number of nitro groups is 1. The fourth-order valence-corrected chi connectivity index (χ4v) is 3.32. The van der Waals surface area contributed by atoms with E-state index in [0.717, 1.165) is 0 Å². The maximum atomic E-state index is 13.1. The molecule has 0 amide bonds. The molecule has 0 aliphatic heterocycles. The van der Waals surface area contributed by atoms with Crippen LogP contribution in [-0.2, 0) is 4.74 Å². The highest BCUT2D eigenvalue weighted by molar-refractivity contribution is 6.04. The number of carbonyl (C=O) groups excluding carboxylic acids is 1. The van der Waals surface area contributed by atoms with Gasteiger partial charge in [0.15, 0.2) is 11.9 Å². The van der Waals surface area contributed by atoms with Crippen molar-refractivity contribution >= 4 is 22.8 Å². The van der Waals surface area contributed by atoms with Gasteiger partial charge in [-0.3, -0.25) is 10.1 Å². The molecule has 4 heterocycles. The molecule has 1 aromatic carbocycles. The van der Waals surface area contributed by atoms with Crippen LogP contribution in [0.5, 0.6) is 0 Å². The first-order chi connectivity index (χ1) is 16.4. The molecule has 0 N–H and O–H groups in total. The Labute approximate surface area is 190 Å². The summed E-state index contributed by atoms with van der Waals surface area (Å²) in [6.07, 6.45) is 0.604. The summed E-state index contributed by atoms with van der Waals surface area (Å²) in [5, 5.41) is 23.0. The molecular weight excluding hydrogens is 446 g/mol. The van der Waals surface area contributed by atoms with E-state index in [1.165, 1.54) is 36.6 Å². The summed E-state index contributed by atoms with van der Waals surface area (Å²) in [7, 11) is 0. The minimum absolute atomic E-state index is 0.0558. The molecule has 12 heteroatoms. The van der Waals surface area contributed by atoms with Gasteiger partial charge in [-0.1, -0.05) is 5.16 Å². The van der Waals surface area contributed by atoms with Crippen LogP contribution in [0.1, 0.15) is 35.0 Å². The minimum atomic E-state index is -0.887. The molecule has 1 unspecified atom stereocenters. The first-order valence-corrected chi connectivity index (χ1v) is 10.0. The number of rotatable bonds is 6. The van der Waals surface area contributed by atoms with Crippen LogP contribution >= 0.6 is 0 Å². The molecule has 0 saturated heterocycles. The molecule has 0 aliphatic carbocycles. The summed E-state index contributed by atoms with van der Waals surface area (Å²) in [5.41, 5.74) is 1.65. The first kappa shape index (κ1) is 21.0. The molecule has 0 fully saturated rings. The SMILES string of the molecule is Cc1noc2nc(-c3ccco3)cc(C(=O)OC(C)c3nnc(-c4ccc([N+](=O)[O-])cc4)o3)c12. The minimum Gasteiger partial charge on any atom is -0.463 e. The summed E-state index contributed by atoms with van der Waals surface area (Å²) in [6, 6.07) is 10.6. The number of ether oxygens (including phenoxy) is 1. The number of furan rings is 1. The van der Waals surface area contributed by atoms with Crippen molar-refractivity contribution in [3.8, 4) is 22.9 Å². The van der Waals surface area contributed by atoms with E-state index >= 15 is 0 Å². The van der Waals surface area contributed by atoms with Crippen LogP contribution in [0, 0.1) is 17.0 Å². The highest BCUT2D eigenvalue weighted by atomic mass is 16.6. The fraction of sp³-hybridized carbons (Fsp3) is 0.136. The maximum Gasteiger partial charge on any atom is 0.339 e. The number of esters is 1. The van der Waals surface area contributed by atoms with Crippen molar-refractivity contribution in [1.82, 2.24) is 20.3 Å². The molecule has 0 aliphatic rings. The highest BCUT2D eigenvalue weighted by Gasteiger charge is 2.25. The number of fused-ring (bicyclic) bond motifs is 1. The smallest absolute Gasteiger partial charge is 0.339 e. The van der Waals surface area contributed by atoms with Gasteiger partial charge in [-0.25, -0.2) is 9.78 Å². The molecule has 5 rings (SSSR count). The summed E-state index contributed by atoms with van der Waals surface area (Å²) >= 11 is 0. The van der Waals surface area contributed by atoms with E-state index in [1.54, 1.807) is 26.0 Å². The van der Waals surface area contributed by atoms with Gasteiger partial charge in [0.2, 0.25) is 5.89 Å². The van der Waals surface area contributed by atoms with Crippen molar-refractivity contribution in [2.45, 2.75) is 20.0 Å². The van der Waals surface area contributed by atoms with Crippen LogP contribution in [0.15, 0.2) is 62.1 Å². The molecule has 5 aromatic rings. The molecule has 34 heavy (non-hydrogen) atoms. The zero-order valence-corrected chi connectivity index (χ0v) is 17.8. The number of aryl methyl sites for hydroxylation is 1. The van der Waals surface area contributed by atoms with Crippen molar-refractivity contribution in [2.24, 2.45) is 0 Å². The molecule has 0 saturated carbocycles. The van der Waals surface area contributed by atoms with E-state index in [0.29, 0.717) is 28.1 Å². The summed E-state index contributed by atoms with van der Waals surface area (Å²) < 4.78 is 21.8. The van der Waals surface area contributed by atoms with Gasteiger partial charge in [-0.15, -0.1) is 10.2 Å². The zero-order valence-electron chi connectivity index (χ0n) is 17.8. The van der Waals surface area contributed by atoms with Crippen molar-refractivity contribution in [3.05, 3.63) is 76.0 Å². The molecule has 0 bridgehead atoms. The monoisotopic (exact) mass is 461 g/mol. The van der Waals surface area contributed by atoms with Crippen LogP contribution in [0.25, 0.3) is 34.0 Å². The Kier molecular flexibility index (Phi) is 5.09. The van der Waals surface area contributed by atoms with E-state index < -0.39 is 17.0 Å². The third-order valence-electron chi connectivity index (χ3n) is 5.01. The van der Waals surface area contributed by atoms with Crippen molar-refractivity contribution in [3.63, 3.8) is 0 Å². The summed E-state index contributed by atoms with van der Waals surface area (Å²) in [4.78, 5) is 27.8. The lowest BCUT2D eigenvalue weighted by atomic mass is 10.1. The lowest BCUT2D eigenvalue weighted by Crippen LogP contribution is -2.11. The summed E-state index contributed by atoms with van der Waals surface area (Å²) in [5.74, 6) is -0.0360.